The van der Waals surface area contributed by atoms with Gasteiger partial charge in [-0.15, -0.1) is 0 Å². The van der Waals surface area contributed by atoms with Crippen molar-refractivity contribution in [2.75, 3.05) is 12.4 Å². The van der Waals surface area contributed by atoms with Gasteiger partial charge in [-0.1, -0.05) is 51.8 Å². The molecule has 30 heavy (non-hydrogen) atoms. The molecule has 3 rings (SSSR count). The van der Waals surface area contributed by atoms with Gasteiger partial charge in [0.05, 0.1) is 10.5 Å². The molecule has 1 heterocycles. The zero-order chi connectivity index (χ0) is 21.7. The summed E-state index contributed by atoms with van der Waals surface area (Å²) in [7, 11) is -2.63. The van der Waals surface area contributed by atoms with Crippen molar-refractivity contribution in [1.29, 1.82) is 0 Å². The summed E-state index contributed by atoms with van der Waals surface area (Å²) in [5.41, 5.74) is 1.27. The van der Waals surface area contributed by atoms with Crippen molar-refractivity contribution in [3.05, 3.63) is 65.7 Å². The number of ether oxygens (including phenoxy) is 3. The number of halogens is 1. The Kier molecular flexibility index (Phi) is 7.65. The van der Waals surface area contributed by atoms with Gasteiger partial charge in [0.25, 0.3) is 10.1 Å². The molecule has 1 aliphatic rings. The Bertz CT molecular complexity index is 947. The minimum atomic E-state index is -4.09. The molecule has 0 radical (unpaired) electrons. The molecule has 1 aliphatic heterocycles. The fourth-order valence-corrected chi connectivity index (χ4v) is 4.72. The smallest absolute Gasteiger partial charge is 0.338 e. The number of carbonyl (C=O) groups is 1. The number of carbonyl (C=O) groups excluding carboxylic acids is 1. The summed E-state index contributed by atoms with van der Waals surface area (Å²) in [5.74, 6) is -0.590. The third kappa shape index (κ3) is 5.47. The summed E-state index contributed by atoms with van der Waals surface area (Å²) < 4.78 is 47.9. The van der Waals surface area contributed by atoms with Gasteiger partial charge in [0.1, 0.15) is 12.2 Å². The molecule has 4 atom stereocenters. The number of alkyl halides is 1. The highest BCUT2D eigenvalue weighted by atomic mass is 79.9. The predicted octanol–water partition coefficient (Wildman–Crippen LogP) is 3.45. The van der Waals surface area contributed by atoms with Crippen LogP contribution >= 0.6 is 15.9 Å². The molecule has 0 unspecified atom stereocenters. The van der Waals surface area contributed by atoms with Crippen molar-refractivity contribution in [3.63, 3.8) is 0 Å². The van der Waals surface area contributed by atoms with Gasteiger partial charge < -0.3 is 14.2 Å². The highest BCUT2D eigenvalue weighted by Crippen LogP contribution is 2.30. The van der Waals surface area contributed by atoms with E-state index in [0.29, 0.717) is 10.9 Å². The molecule has 0 aromatic heterocycles. The number of hydrogen-bond donors (Lipinski definition) is 0. The Morgan fingerprint density at radius 1 is 1.13 bits per heavy atom. The molecule has 0 aliphatic carbocycles. The Morgan fingerprint density at radius 3 is 2.40 bits per heavy atom. The number of rotatable bonds is 7. The minimum Gasteiger partial charge on any atom is -0.453 e. The molecule has 2 aromatic carbocycles. The first-order chi connectivity index (χ1) is 14.3. The van der Waals surface area contributed by atoms with E-state index < -0.39 is 40.7 Å². The maximum Gasteiger partial charge on any atom is 0.338 e. The molecular formula is C21H23BrO7S. The van der Waals surface area contributed by atoms with Gasteiger partial charge in [-0.2, -0.15) is 8.42 Å². The maximum absolute atomic E-state index is 12.8. The van der Waals surface area contributed by atoms with Crippen LogP contribution in [-0.4, -0.2) is 51.4 Å². The van der Waals surface area contributed by atoms with Crippen LogP contribution in [0.4, 0.5) is 0 Å². The monoisotopic (exact) mass is 498 g/mol. The van der Waals surface area contributed by atoms with E-state index in [1.807, 2.05) is 6.92 Å². The average molecular weight is 499 g/mol. The molecule has 162 valence electrons. The summed E-state index contributed by atoms with van der Waals surface area (Å²) in [6.45, 7) is 1.86. The average Bonchev–Trinajstić information content (AvgIpc) is 2.75. The third-order valence-electron chi connectivity index (χ3n) is 4.71. The fraction of sp³-hybridized carbons (Fsp3) is 0.381. The number of hydrogen-bond acceptors (Lipinski definition) is 7. The van der Waals surface area contributed by atoms with Gasteiger partial charge in [0, 0.05) is 18.9 Å². The van der Waals surface area contributed by atoms with Gasteiger partial charge in [-0.05, 0) is 31.2 Å². The lowest BCUT2D eigenvalue weighted by Crippen LogP contribution is -2.53. The normalized spacial score (nSPS) is 24.4. The van der Waals surface area contributed by atoms with Crippen LogP contribution in [0, 0.1) is 6.92 Å². The molecule has 2 aromatic rings. The van der Waals surface area contributed by atoms with E-state index in [2.05, 4.69) is 15.9 Å². The molecular weight excluding hydrogens is 476 g/mol. The van der Waals surface area contributed by atoms with E-state index >= 15 is 0 Å². The lowest BCUT2D eigenvalue weighted by Gasteiger charge is -2.39. The van der Waals surface area contributed by atoms with Crippen molar-refractivity contribution < 1.29 is 31.6 Å². The molecule has 0 spiro atoms. The Morgan fingerprint density at radius 2 is 1.80 bits per heavy atom. The first-order valence-corrected chi connectivity index (χ1v) is 11.9. The maximum atomic E-state index is 12.8. The molecule has 9 heteroatoms. The van der Waals surface area contributed by atoms with Crippen molar-refractivity contribution in [1.82, 2.24) is 0 Å². The zero-order valence-corrected chi connectivity index (χ0v) is 19.0. The van der Waals surface area contributed by atoms with E-state index in [1.54, 1.807) is 42.5 Å². The van der Waals surface area contributed by atoms with Crippen LogP contribution in [0.1, 0.15) is 22.3 Å². The summed E-state index contributed by atoms with van der Waals surface area (Å²) in [6, 6.07) is 14.8. The first kappa shape index (κ1) is 22.9. The largest absolute Gasteiger partial charge is 0.453 e. The van der Waals surface area contributed by atoms with Crippen LogP contribution in [0.3, 0.4) is 0 Å². The fourth-order valence-electron chi connectivity index (χ4n) is 3.10. The quantitative estimate of drug-likeness (QED) is 0.328. The van der Waals surface area contributed by atoms with Crippen LogP contribution in [0.5, 0.6) is 0 Å². The molecule has 0 N–H and O–H groups in total. The van der Waals surface area contributed by atoms with Crippen molar-refractivity contribution in [2.24, 2.45) is 0 Å². The molecule has 1 fully saturated rings. The van der Waals surface area contributed by atoms with Gasteiger partial charge >= 0.3 is 5.97 Å². The highest BCUT2D eigenvalue weighted by Gasteiger charge is 2.44. The van der Waals surface area contributed by atoms with E-state index in [1.165, 1.54) is 19.2 Å². The second-order valence-electron chi connectivity index (χ2n) is 6.87. The van der Waals surface area contributed by atoms with Gasteiger partial charge in [0.15, 0.2) is 12.4 Å². The van der Waals surface area contributed by atoms with Gasteiger partial charge in [0.2, 0.25) is 0 Å². The lowest BCUT2D eigenvalue weighted by atomic mass is 10.0. The predicted molar refractivity (Wildman–Crippen MR) is 113 cm³/mol. The van der Waals surface area contributed by atoms with Crippen molar-refractivity contribution in [2.45, 2.75) is 42.8 Å². The minimum absolute atomic E-state index is 0.0251. The second kappa shape index (κ2) is 10.0. The first-order valence-electron chi connectivity index (χ1n) is 9.34. The molecule has 0 bridgehead atoms. The number of benzene rings is 2. The van der Waals surface area contributed by atoms with Crippen molar-refractivity contribution >= 4 is 32.0 Å². The topological polar surface area (TPSA) is 88.1 Å². The third-order valence-corrected chi connectivity index (χ3v) is 6.70. The molecule has 1 saturated heterocycles. The van der Waals surface area contributed by atoms with Crippen LogP contribution in [0.2, 0.25) is 0 Å². The number of esters is 1. The van der Waals surface area contributed by atoms with Crippen molar-refractivity contribution in [3.8, 4) is 0 Å². The summed E-state index contributed by atoms with van der Waals surface area (Å²) >= 11 is 3.34. The standard InChI is InChI=1S/C21H23BrO7S/c1-14-8-10-16(11-9-14)30(24,25)29-17-12-19(26-2)27-18(13-22)20(17)28-21(23)15-6-4-3-5-7-15/h3-11,17-20H,12-13H2,1-2H3/t17-,18-,19+,20+/m0/s1. The van der Waals surface area contributed by atoms with Crippen LogP contribution in [0.25, 0.3) is 0 Å². The number of methoxy groups -OCH3 is 1. The Balaban J connectivity index is 1.86. The van der Waals surface area contributed by atoms with Crippen LogP contribution in [0.15, 0.2) is 59.5 Å². The SMILES string of the molecule is CO[C@H]1C[C@H](OS(=O)(=O)c2ccc(C)cc2)[C@@H](OC(=O)c2ccccc2)[C@H](CBr)O1. The molecule has 0 saturated carbocycles. The van der Waals surface area contributed by atoms with Gasteiger partial charge in [-0.25, -0.2) is 4.79 Å². The molecule has 7 nitrogen and oxygen atoms in total. The summed E-state index contributed by atoms with van der Waals surface area (Å²) in [4.78, 5) is 12.6. The molecule has 0 amide bonds. The van der Waals surface area contributed by atoms with Gasteiger partial charge in [-0.3, -0.25) is 4.18 Å². The Labute approximate surface area is 184 Å². The lowest BCUT2D eigenvalue weighted by molar-refractivity contribution is -0.230. The van der Waals surface area contributed by atoms with E-state index in [4.69, 9.17) is 18.4 Å². The zero-order valence-electron chi connectivity index (χ0n) is 16.6. The van der Waals surface area contributed by atoms with E-state index in [9.17, 15) is 13.2 Å². The highest BCUT2D eigenvalue weighted by molar-refractivity contribution is 9.09. The summed E-state index contributed by atoms with van der Waals surface area (Å²) in [6.07, 6.45) is -3.21. The van der Waals surface area contributed by atoms with E-state index in [0.717, 1.165) is 5.56 Å². The Hall–Kier alpha value is -1.78. The summed E-state index contributed by atoms with van der Waals surface area (Å²) in [5, 5.41) is 0.296. The number of aryl methyl sites for hydroxylation is 1. The van der Waals surface area contributed by atoms with E-state index in [-0.39, 0.29) is 11.3 Å². The van der Waals surface area contributed by atoms with Crippen LogP contribution < -0.4 is 0 Å². The second-order valence-corrected chi connectivity index (χ2v) is 9.09. The van der Waals surface area contributed by atoms with Crippen LogP contribution in [-0.2, 0) is 28.5 Å².